The quantitative estimate of drug-likeness (QED) is 0.874. The molecule has 16 heavy (non-hydrogen) atoms. The van der Waals surface area contributed by atoms with Crippen molar-refractivity contribution in [3.8, 4) is 0 Å². The first kappa shape index (κ1) is 10.5. The van der Waals surface area contributed by atoms with Crippen LogP contribution in [0.1, 0.15) is 32.1 Å². The van der Waals surface area contributed by atoms with Crippen LogP contribution in [0.2, 0.25) is 0 Å². The fourth-order valence-electron chi connectivity index (χ4n) is 2.87. The highest BCUT2D eigenvalue weighted by Gasteiger charge is 2.26. The number of hydrogen-bond acceptors (Lipinski definition) is 4. The Morgan fingerprint density at radius 3 is 2.88 bits per heavy atom. The minimum Gasteiger partial charge on any atom is -0.346 e. The van der Waals surface area contributed by atoms with E-state index < -0.39 is 0 Å². The van der Waals surface area contributed by atoms with Crippen LogP contribution in [-0.4, -0.2) is 30.2 Å². The zero-order chi connectivity index (χ0) is 10.8. The molecule has 0 aromatic carbocycles. The molecule has 2 fully saturated rings. The molecule has 1 aromatic heterocycles. The molecule has 2 aliphatic rings. The summed E-state index contributed by atoms with van der Waals surface area (Å²) in [6.45, 7) is 2.31. The highest BCUT2D eigenvalue weighted by Crippen LogP contribution is 2.24. The molecule has 1 N–H and O–H groups in total. The lowest BCUT2D eigenvalue weighted by Crippen LogP contribution is -2.38. The van der Waals surface area contributed by atoms with Crippen LogP contribution in [-0.2, 0) is 0 Å². The molecule has 1 saturated carbocycles. The third-order valence-corrected chi connectivity index (χ3v) is 4.54. The van der Waals surface area contributed by atoms with Crippen molar-refractivity contribution in [1.29, 1.82) is 0 Å². The van der Waals surface area contributed by atoms with Crippen molar-refractivity contribution >= 4 is 16.5 Å². The molecule has 3 rings (SSSR count). The van der Waals surface area contributed by atoms with E-state index in [1.54, 1.807) is 11.3 Å². The Hall–Kier alpha value is -0.610. The Bertz CT molecular complexity index is 319. The molecule has 2 heterocycles. The second-order valence-electron chi connectivity index (χ2n) is 4.89. The van der Waals surface area contributed by atoms with Gasteiger partial charge in [-0.05, 0) is 19.3 Å². The number of nitrogens with one attached hydrogen (secondary N) is 1. The van der Waals surface area contributed by atoms with Crippen molar-refractivity contribution in [3.05, 3.63) is 11.6 Å². The van der Waals surface area contributed by atoms with Gasteiger partial charge in [-0.1, -0.05) is 12.8 Å². The van der Waals surface area contributed by atoms with Crippen LogP contribution in [0.4, 0.5) is 5.13 Å². The summed E-state index contributed by atoms with van der Waals surface area (Å²) < 4.78 is 0. The highest BCUT2D eigenvalue weighted by atomic mass is 32.1. The first-order valence-corrected chi connectivity index (χ1v) is 7.20. The van der Waals surface area contributed by atoms with Crippen molar-refractivity contribution in [2.24, 2.45) is 0 Å². The Morgan fingerprint density at radius 1 is 1.25 bits per heavy atom. The van der Waals surface area contributed by atoms with Gasteiger partial charge in [0.25, 0.3) is 0 Å². The average Bonchev–Trinajstić information content (AvgIpc) is 2.99. The molecule has 4 heteroatoms. The fourth-order valence-corrected chi connectivity index (χ4v) is 3.55. The summed E-state index contributed by atoms with van der Waals surface area (Å²) in [5, 5.41) is 7.06. The molecule has 1 aromatic rings. The molecule has 3 nitrogen and oxygen atoms in total. The van der Waals surface area contributed by atoms with Gasteiger partial charge in [-0.25, -0.2) is 4.98 Å². The van der Waals surface area contributed by atoms with Crippen LogP contribution in [0.5, 0.6) is 0 Å². The van der Waals surface area contributed by atoms with E-state index in [0.717, 1.165) is 19.1 Å². The van der Waals surface area contributed by atoms with Gasteiger partial charge < -0.3 is 10.2 Å². The van der Waals surface area contributed by atoms with Gasteiger partial charge in [0.2, 0.25) is 0 Å². The first-order chi connectivity index (χ1) is 7.92. The van der Waals surface area contributed by atoms with Crippen LogP contribution in [0.15, 0.2) is 11.6 Å². The number of anilines is 1. The second kappa shape index (κ2) is 4.72. The maximum absolute atomic E-state index is 4.38. The van der Waals surface area contributed by atoms with E-state index >= 15 is 0 Å². The fraction of sp³-hybridized carbons (Fsp3) is 0.750. The van der Waals surface area contributed by atoms with E-state index in [0.29, 0.717) is 6.04 Å². The number of thiazole rings is 1. The predicted octanol–water partition coefficient (Wildman–Crippen LogP) is 2.25. The summed E-state index contributed by atoms with van der Waals surface area (Å²) in [6, 6.07) is 1.48. The van der Waals surface area contributed by atoms with Gasteiger partial charge in [0, 0.05) is 36.8 Å². The van der Waals surface area contributed by atoms with E-state index in [1.165, 1.54) is 37.2 Å². The van der Waals surface area contributed by atoms with Crippen molar-refractivity contribution in [3.63, 3.8) is 0 Å². The van der Waals surface area contributed by atoms with Gasteiger partial charge in [-0.2, -0.15) is 0 Å². The highest BCUT2D eigenvalue weighted by molar-refractivity contribution is 7.13. The average molecular weight is 237 g/mol. The number of rotatable bonds is 3. The molecule has 88 valence electrons. The molecule has 0 radical (unpaired) electrons. The normalized spacial score (nSPS) is 26.8. The molecule has 1 saturated heterocycles. The zero-order valence-corrected chi connectivity index (χ0v) is 10.4. The van der Waals surface area contributed by atoms with Crippen LogP contribution in [0, 0.1) is 0 Å². The van der Waals surface area contributed by atoms with Gasteiger partial charge >= 0.3 is 0 Å². The molecule has 0 amide bonds. The lowest BCUT2D eigenvalue weighted by atomic mass is 10.2. The third-order valence-electron chi connectivity index (χ3n) is 3.70. The standard InChI is InChI=1S/C12H19N3S/c1-2-4-10(3-1)14-11-5-7-15(9-11)12-13-6-8-16-12/h6,8,10-11,14H,1-5,7,9H2. The van der Waals surface area contributed by atoms with Crippen LogP contribution in [0.25, 0.3) is 0 Å². The monoisotopic (exact) mass is 237 g/mol. The molecule has 0 bridgehead atoms. The zero-order valence-electron chi connectivity index (χ0n) is 9.56. The Balaban J connectivity index is 1.52. The topological polar surface area (TPSA) is 28.2 Å². The first-order valence-electron chi connectivity index (χ1n) is 6.32. The van der Waals surface area contributed by atoms with Gasteiger partial charge in [0.1, 0.15) is 0 Å². The maximum atomic E-state index is 4.38. The number of hydrogen-bond donors (Lipinski definition) is 1. The van der Waals surface area contributed by atoms with E-state index in [4.69, 9.17) is 0 Å². The summed E-state index contributed by atoms with van der Waals surface area (Å²) in [6.07, 6.45) is 8.77. The second-order valence-corrected chi connectivity index (χ2v) is 5.77. The molecule has 1 atom stereocenters. The SMILES string of the molecule is c1csc(N2CCC(NC3CCCC3)C2)n1. The predicted molar refractivity (Wildman–Crippen MR) is 68.1 cm³/mol. The van der Waals surface area contributed by atoms with E-state index in [9.17, 15) is 0 Å². The molecule has 1 aliphatic carbocycles. The van der Waals surface area contributed by atoms with Crippen LogP contribution < -0.4 is 10.2 Å². The lowest BCUT2D eigenvalue weighted by Gasteiger charge is -2.19. The number of aromatic nitrogens is 1. The summed E-state index contributed by atoms with van der Waals surface area (Å²) in [4.78, 5) is 6.80. The van der Waals surface area contributed by atoms with E-state index in [-0.39, 0.29) is 0 Å². The maximum Gasteiger partial charge on any atom is 0.185 e. The van der Waals surface area contributed by atoms with Crippen molar-refractivity contribution in [2.45, 2.75) is 44.2 Å². The summed E-state index contributed by atoms with van der Waals surface area (Å²) in [5.74, 6) is 0. The summed E-state index contributed by atoms with van der Waals surface area (Å²) >= 11 is 1.75. The van der Waals surface area contributed by atoms with Crippen molar-refractivity contribution in [1.82, 2.24) is 10.3 Å². The summed E-state index contributed by atoms with van der Waals surface area (Å²) in [7, 11) is 0. The van der Waals surface area contributed by atoms with Crippen molar-refractivity contribution < 1.29 is 0 Å². The van der Waals surface area contributed by atoms with E-state index in [1.807, 2.05) is 6.20 Å². The van der Waals surface area contributed by atoms with Crippen molar-refractivity contribution in [2.75, 3.05) is 18.0 Å². The molecular formula is C12H19N3S. The van der Waals surface area contributed by atoms with E-state index in [2.05, 4.69) is 20.6 Å². The Labute approximate surface area is 101 Å². The molecule has 0 spiro atoms. The minimum absolute atomic E-state index is 0.687. The third kappa shape index (κ3) is 2.23. The van der Waals surface area contributed by atoms with Crippen LogP contribution >= 0.6 is 11.3 Å². The number of nitrogens with zero attached hydrogens (tertiary/aromatic N) is 2. The summed E-state index contributed by atoms with van der Waals surface area (Å²) in [5.41, 5.74) is 0. The lowest BCUT2D eigenvalue weighted by molar-refractivity contribution is 0.451. The van der Waals surface area contributed by atoms with Gasteiger partial charge in [-0.3, -0.25) is 0 Å². The smallest absolute Gasteiger partial charge is 0.185 e. The minimum atomic E-state index is 0.687. The Morgan fingerprint density at radius 2 is 2.12 bits per heavy atom. The molecule has 1 aliphatic heterocycles. The van der Waals surface area contributed by atoms with Gasteiger partial charge in [-0.15, -0.1) is 11.3 Å². The van der Waals surface area contributed by atoms with Gasteiger partial charge in [0.05, 0.1) is 0 Å². The largest absolute Gasteiger partial charge is 0.346 e. The van der Waals surface area contributed by atoms with Gasteiger partial charge in [0.15, 0.2) is 5.13 Å². The Kier molecular flexibility index (Phi) is 3.11. The molecule has 1 unspecified atom stereocenters. The molecular weight excluding hydrogens is 218 g/mol. The van der Waals surface area contributed by atoms with Crippen LogP contribution in [0.3, 0.4) is 0 Å².